The lowest BCUT2D eigenvalue weighted by atomic mass is 10.1. The Kier molecular flexibility index (Phi) is 2.93. The smallest absolute Gasteiger partial charge is 0.255 e. The summed E-state index contributed by atoms with van der Waals surface area (Å²) >= 11 is 0. The molecule has 1 atom stereocenters. The molecule has 1 fully saturated rings. The van der Waals surface area contributed by atoms with Crippen molar-refractivity contribution in [2.75, 3.05) is 5.73 Å². The van der Waals surface area contributed by atoms with Crippen molar-refractivity contribution < 1.29 is 14.4 Å². The Balaban J connectivity index is 1.88. The summed E-state index contributed by atoms with van der Waals surface area (Å²) in [5.41, 5.74) is 7.64. The molecule has 0 bridgehead atoms. The molecular weight excluding hydrogens is 258 g/mol. The van der Waals surface area contributed by atoms with Crippen molar-refractivity contribution in [3.05, 3.63) is 29.3 Å². The maximum Gasteiger partial charge on any atom is 0.255 e. The molecule has 0 aromatic heterocycles. The number of nitrogens with zero attached hydrogens (tertiary/aromatic N) is 1. The maximum atomic E-state index is 12.4. The first-order chi connectivity index (χ1) is 9.56. The predicted octanol–water partition coefficient (Wildman–Crippen LogP) is 0.420. The Hall–Kier alpha value is -2.37. The Bertz CT molecular complexity index is 612. The normalized spacial score (nSPS) is 22.5. The zero-order chi connectivity index (χ0) is 14.3. The monoisotopic (exact) mass is 273 g/mol. The third-order valence-corrected chi connectivity index (χ3v) is 3.79. The second kappa shape index (κ2) is 4.63. The predicted molar refractivity (Wildman–Crippen MR) is 71.5 cm³/mol. The van der Waals surface area contributed by atoms with Gasteiger partial charge in [0.2, 0.25) is 11.8 Å². The second-order valence-corrected chi connectivity index (χ2v) is 5.17. The molecule has 2 aliphatic heterocycles. The first-order valence-electron chi connectivity index (χ1n) is 6.59. The molecule has 6 heteroatoms. The minimum atomic E-state index is -0.581. The fraction of sp³-hybridized carbons (Fsp3) is 0.357. The Morgan fingerprint density at radius 3 is 2.85 bits per heavy atom. The number of hydrogen-bond donors (Lipinski definition) is 2. The summed E-state index contributed by atoms with van der Waals surface area (Å²) in [6, 6.07) is 4.61. The number of imide groups is 1. The van der Waals surface area contributed by atoms with E-state index in [9.17, 15) is 14.4 Å². The number of rotatable bonds is 1. The van der Waals surface area contributed by atoms with Crippen molar-refractivity contribution >= 4 is 23.4 Å². The molecule has 1 saturated heterocycles. The van der Waals surface area contributed by atoms with Gasteiger partial charge < -0.3 is 10.6 Å². The largest absolute Gasteiger partial charge is 0.399 e. The van der Waals surface area contributed by atoms with E-state index >= 15 is 0 Å². The second-order valence-electron chi connectivity index (χ2n) is 5.17. The van der Waals surface area contributed by atoms with Gasteiger partial charge >= 0.3 is 0 Å². The van der Waals surface area contributed by atoms with Crippen molar-refractivity contribution in [2.24, 2.45) is 0 Å². The number of anilines is 1. The summed E-state index contributed by atoms with van der Waals surface area (Å²) in [7, 11) is 0. The summed E-state index contributed by atoms with van der Waals surface area (Å²) in [4.78, 5) is 37.3. The van der Waals surface area contributed by atoms with Gasteiger partial charge in [0.25, 0.3) is 5.91 Å². The van der Waals surface area contributed by atoms with Gasteiger partial charge in [-0.05, 0) is 30.5 Å². The molecule has 2 heterocycles. The number of carbonyl (C=O) groups excluding carboxylic acids is 3. The highest BCUT2D eigenvalue weighted by atomic mass is 16.2. The third kappa shape index (κ3) is 2.03. The van der Waals surface area contributed by atoms with Crippen LogP contribution in [0.2, 0.25) is 0 Å². The standard InChI is InChI=1S/C14H15N3O3/c15-9-5-4-8-7-17(14(20)10(8)6-9)11-2-1-3-12(18)16-13(11)19/h4-6,11H,1-3,7,15H2,(H,16,18,19). The molecule has 6 nitrogen and oxygen atoms in total. The van der Waals surface area contributed by atoms with Crippen molar-refractivity contribution in [2.45, 2.75) is 31.8 Å². The molecular formula is C14H15N3O3. The van der Waals surface area contributed by atoms with Gasteiger partial charge in [0.1, 0.15) is 6.04 Å². The number of fused-ring (bicyclic) bond motifs is 1. The summed E-state index contributed by atoms with van der Waals surface area (Å²) in [6.07, 6.45) is 1.43. The summed E-state index contributed by atoms with van der Waals surface area (Å²) < 4.78 is 0. The van der Waals surface area contributed by atoms with E-state index < -0.39 is 6.04 Å². The van der Waals surface area contributed by atoms with E-state index in [0.29, 0.717) is 37.1 Å². The maximum absolute atomic E-state index is 12.4. The van der Waals surface area contributed by atoms with E-state index in [1.54, 1.807) is 12.1 Å². The summed E-state index contributed by atoms with van der Waals surface area (Å²) in [6.45, 7) is 0.390. The van der Waals surface area contributed by atoms with Crippen molar-refractivity contribution in [3.8, 4) is 0 Å². The minimum absolute atomic E-state index is 0.193. The molecule has 0 spiro atoms. The summed E-state index contributed by atoms with van der Waals surface area (Å²) in [5.74, 6) is -0.852. The highest BCUT2D eigenvalue weighted by molar-refractivity contribution is 6.04. The molecule has 20 heavy (non-hydrogen) atoms. The lowest BCUT2D eigenvalue weighted by Crippen LogP contribution is -2.46. The average Bonchev–Trinajstić information content (AvgIpc) is 2.61. The summed E-state index contributed by atoms with van der Waals surface area (Å²) in [5, 5.41) is 2.33. The molecule has 1 aromatic rings. The lowest BCUT2D eigenvalue weighted by Gasteiger charge is -2.24. The number of nitrogens with two attached hydrogens (primary N) is 1. The van der Waals surface area contributed by atoms with E-state index in [2.05, 4.69) is 5.32 Å². The molecule has 3 rings (SSSR count). The SMILES string of the molecule is Nc1ccc2c(c1)C(=O)N(C1CCCC(=O)NC1=O)C2. The number of hydrogen-bond acceptors (Lipinski definition) is 4. The van der Waals surface area contributed by atoms with Crippen molar-refractivity contribution in [1.82, 2.24) is 10.2 Å². The van der Waals surface area contributed by atoms with Crippen LogP contribution in [0.25, 0.3) is 0 Å². The number of carbonyl (C=O) groups is 3. The van der Waals surface area contributed by atoms with E-state index in [-0.39, 0.29) is 17.7 Å². The van der Waals surface area contributed by atoms with Crippen LogP contribution in [0.4, 0.5) is 5.69 Å². The fourth-order valence-corrected chi connectivity index (χ4v) is 2.76. The Morgan fingerprint density at radius 1 is 1.25 bits per heavy atom. The molecule has 3 N–H and O–H groups in total. The highest BCUT2D eigenvalue weighted by Gasteiger charge is 2.37. The highest BCUT2D eigenvalue weighted by Crippen LogP contribution is 2.28. The molecule has 104 valence electrons. The molecule has 1 aromatic carbocycles. The van der Waals surface area contributed by atoms with Gasteiger partial charge in [-0.2, -0.15) is 0 Å². The first-order valence-corrected chi connectivity index (χ1v) is 6.59. The number of nitrogens with one attached hydrogen (secondary N) is 1. The van der Waals surface area contributed by atoms with Crippen molar-refractivity contribution in [3.63, 3.8) is 0 Å². The molecule has 2 aliphatic rings. The van der Waals surface area contributed by atoms with Crippen LogP contribution < -0.4 is 11.1 Å². The topological polar surface area (TPSA) is 92.5 Å². The Morgan fingerprint density at radius 2 is 2.05 bits per heavy atom. The zero-order valence-corrected chi connectivity index (χ0v) is 10.9. The van der Waals surface area contributed by atoms with Gasteiger partial charge in [0, 0.05) is 24.2 Å². The van der Waals surface area contributed by atoms with Crippen molar-refractivity contribution in [1.29, 1.82) is 0 Å². The molecule has 0 saturated carbocycles. The van der Waals surface area contributed by atoms with E-state index in [4.69, 9.17) is 5.73 Å². The van der Waals surface area contributed by atoms with Crippen LogP contribution in [0.3, 0.4) is 0 Å². The average molecular weight is 273 g/mol. The van der Waals surface area contributed by atoms with Gasteiger partial charge in [0.15, 0.2) is 0 Å². The van der Waals surface area contributed by atoms with Crippen LogP contribution in [0.1, 0.15) is 35.2 Å². The zero-order valence-electron chi connectivity index (χ0n) is 10.9. The quantitative estimate of drug-likeness (QED) is 0.573. The van der Waals surface area contributed by atoms with E-state index in [1.807, 2.05) is 6.07 Å². The van der Waals surface area contributed by atoms with Crippen LogP contribution in [-0.4, -0.2) is 28.7 Å². The molecule has 0 aliphatic carbocycles. The molecule has 1 unspecified atom stereocenters. The van der Waals surface area contributed by atoms with Gasteiger partial charge in [-0.25, -0.2) is 0 Å². The van der Waals surface area contributed by atoms with E-state index in [0.717, 1.165) is 5.56 Å². The van der Waals surface area contributed by atoms with Gasteiger partial charge in [-0.3, -0.25) is 19.7 Å². The van der Waals surface area contributed by atoms with Gasteiger partial charge in [-0.15, -0.1) is 0 Å². The Labute approximate surface area is 115 Å². The van der Waals surface area contributed by atoms with Crippen LogP contribution in [0.15, 0.2) is 18.2 Å². The number of nitrogen functional groups attached to an aromatic ring is 1. The van der Waals surface area contributed by atoms with Gasteiger partial charge in [-0.1, -0.05) is 6.07 Å². The first kappa shape index (κ1) is 12.7. The van der Waals surface area contributed by atoms with E-state index in [1.165, 1.54) is 4.90 Å². The fourth-order valence-electron chi connectivity index (χ4n) is 2.76. The number of benzene rings is 1. The molecule has 3 amide bonds. The minimum Gasteiger partial charge on any atom is -0.399 e. The third-order valence-electron chi connectivity index (χ3n) is 3.79. The van der Waals surface area contributed by atoms with Crippen LogP contribution in [-0.2, 0) is 16.1 Å². The van der Waals surface area contributed by atoms with Gasteiger partial charge in [0.05, 0.1) is 0 Å². The lowest BCUT2D eigenvalue weighted by molar-refractivity contribution is -0.132. The van der Waals surface area contributed by atoms with Crippen LogP contribution in [0.5, 0.6) is 0 Å². The number of amides is 3. The van der Waals surface area contributed by atoms with Crippen LogP contribution >= 0.6 is 0 Å². The van der Waals surface area contributed by atoms with Crippen LogP contribution in [0, 0.1) is 0 Å². The molecule has 0 radical (unpaired) electrons.